The Morgan fingerprint density at radius 3 is 2.72 bits per heavy atom. The minimum atomic E-state index is -0.0816. The molecule has 0 unspecified atom stereocenters. The summed E-state index contributed by atoms with van der Waals surface area (Å²) in [6.07, 6.45) is 1.73. The molecule has 0 radical (unpaired) electrons. The Hall–Kier alpha value is -1.26. The zero-order valence-electron chi connectivity index (χ0n) is 10.4. The van der Waals surface area contributed by atoms with Crippen LogP contribution in [-0.2, 0) is 0 Å². The van der Waals surface area contributed by atoms with Crippen molar-refractivity contribution in [3.05, 3.63) is 28.8 Å². The number of anilines is 1. The summed E-state index contributed by atoms with van der Waals surface area (Å²) in [4.78, 5) is 13.8. The van der Waals surface area contributed by atoms with Crippen LogP contribution in [0.5, 0.6) is 0 Å². The van der Waals surface area contributed by atoms with Crippen LogP contribution < -0.4 is 11.1 Å². The number of amides is 2. The molecule has 4 nitrogen and oxygen atoms in total. The third-order valence-electron chi connectivity index (χ3n) is 3.25. The first kappa shape index (κ1) is 13.2. The molecule has 0 aromatic heterocycles. The van der Waals surface area contributed by atoms with E-state index in [4.69, 9.17) is 17.3 Å². The number of urea groups is 1. The van der Waals surface area contributed by atoms with E-state index in [1.807, 2.05) is 19.1 Å². The maximum Gasteiger partial charge on any atom is 0.321 e. The summed E-state index contributed by atoms with van der Waals surface area (Å²) in [5.74, 6) is 0. The van der Waals surface area contributed by atoms with Crippen molar-refractivity contribution in [3.63, 3.8) is 0 Å². The molecular weight excluding hydrogens is 250 g/mol. The van der Waals surface area contributed by atoms with Crippen LogP contribution in [0.2, 0.25) is 5.02 Å². The summed E-state index contributed by atoms with van der Waals surface area (Å²) in [5, 5.41) is 3.52. The lowest BCUT2D eigenvalue weighted by atomic mass is 10.1. The number of hydrogen-bond acceptors (Lipinski definition) is 2. The molecule has 2 rings (SSSR count). The highest BCUT2D eigenvalue weighted by Gasteiger charge is 2.20. The van der Waals surface area contributed by atoms with Gasteiger partial charge >= 0.3 is 6.03 Å². The normalized spacial score (nSPS) is 16.7. The van der Waals surface area contributed by atoms with E-state index in [1.54, 1.807) is 11.0 Å². The van der Waals surface area contributed by atoms with Crippen molar-refractivity contribution in [1.82, 2.24) is 4.90 Å². The molecule has 18 heavy (non-hydrogen) atoms. The topological polar surface area (TPSA) is 58.4 Å². The van der Waals surface area contributed by atoms with E-state index >= 15 is 0 Å². The molecule has 1 heterocycles. The fraction of sp³-hybridized carbons (Fsp3) is 0.462. The second-order valence-electron chi connectivity index (χ2n) is 4.72. The molecule has 0 spiro atoms. The van der Waals surface area contributed by atoms with E-state index in [9.17, 15) is 4.79 Å². The van der Waals surface area contributed by atoms with Crippen molar-refractivity contribution < 1.29 is 4.79 Å². The number of rotatable bonds is 1. The zero-order chi connectivity index (χ0) is 13.1. The van der Waals surface area contributed by atoms with Crippen LogP contribution in [0.25, 0.3) is 0 Å². The summed E-state index contributed by atoms with van der Waals surface area (Å²) >= 11 is 6.02. The molecule has 1 aliphatic rings. The number of likely N-dealkylation sites (tertiary alicyclic amines) is 1. The summed E-state index contributed by atoms with van der Waals surface area (Å²) in [6, 6.07) is 5.66. The Kier molecular flexibility index (Phi) is 4.09. The number of nitrogens with two attached hydrogens (primary N) is 1. The third kappa shape index (κ3) is 3.15. The highest BCUT2D eigenvalue weighted by Crippen LogP contribution is 2.20. The van der Waals surface area contributed by atoms with Crippen LogP contribution in [0.4, 0.5) is 10.5 Å². The first-order valence-electron chi connectivity index (χ1n) is 6.14. The lowest BCUT2D eigenvalue weighted by Crippen LogP contribution is -2.44. The summed E-state index contributed by atoms with van der Waals surface area (Å²) in [6.45, 7) is 3.36. The van der Waals surface area contributed by atoms with Crippen LogP contribution in [0.1, 0.15) is 18.4 Å². The Labute approximate surface area is 112 Å². The van der Waals surface area contributed by atoms with Gasteiger partial charge in [-0.1, -0.05) is 17.7 Å². The highest BCUT2D eigenvalue weighted by atomic mass is 35.5. The molecule has 98 valence electrons. The van der Waals surface area contributed by atoms with Gasteiger partial charge in [-0.25, -0.2) is 4.79 Å². The third-order valence-corrected chi connectivity index (χ3v) is 3.66. The van der Waals surface area contributed by atoms with E-state index in [2.05, 4.69) is 5.32 Å². The summed E-state index contributed by atoms with van der Waals surface area (Å²) < 4.78 is 0. The van der Waals surface area contributed by atoms with Crippen molar-refractivity contribution in [2.75, 3.05) is 18.4 Å². The van der Waals surface area contributed by atoms with Crippen LogP contribution in [0.15, 0.2) is 18.2 Å². The minimum Gasteiger partial charge on any atom is -0.328 e. The molecule has 5 heteroatoms. The van der Waals surface area contributed by atoms with Gasteiger partial charge in [-0.05, 0) is 37.5 Å². The van der Waals surface area contributed by atoms with E-state index in [1.165, 1.54) is 0 Å². The average molecular weight is 268 g/mol. The molecule has 1 fully saturated rings. The zero-order valence-corrected chi connectivity index (χ0v) is 11.2. The van der Waals surface area contributed by atoms with Gasteiger partial charge in [0.25, 0.3) is 0 Å². The van der Waals surface area contributed by atoms with Crippen LogP contribution in [0.3, 0.4) is 0 Å². The van der Waals surface area contributed by atoms with E-state index < -0.39 is 0 Å². The molecule has 1 aromatic carbocycles. The van der Waals surface area contributed by atoms with Gasteiger partial charge in [0.05, 0.1) is 0 Å². The van der Waals surface area contributed by atoms with Gasteiger partial charge in [0.15, 0.2) is 0 Å². The minimum absolute atomic E-state index is 0.0816. The van der Waals surface area contributed by atoms with Gasteiger partial charge in [-0.3, -0.25) is 0 Å². The number of aryl methyl sites for hydroxylation is 1. The molecule has 0 bridgehead atoms. The van der Waals surface area contributed by atoms with Crippen LogP contribution in [-0.4, -0.2) is 30.1 Å². The van der Waals surface area contributed by atoms with E-state index in [-0.39, 0.29) is 12.1 Å². The van der Waals surface area contributed by atoms with Crippen molar-refractivity contribution in [2.24, 2.45) is 5.73 Å². The maximum absolute atomic E-state index is 12.0. The first-order chi connectivity index (χ1) is 8.56. The molecule has 1 saturated heterocycles. The van der Waals surface area contributed by atoms with Gasteiger partial charge in [-0.2, -0.15) is 0 Å². The Morgan fingerprint density at radius 2 is 2.11 bits per heavy atom. The molecule has 2 amide bonds. The van der Waals surface area contributed by atoms with Gasteiger partial charge in [0.1, 0.15) is 0 Å². The standard InChI is InChI=1S/C13H18ClN3O/c1-9-2-3-11(8-12(9)14)16-13(18)17-6-4-10(15)5-7-17/h2-3,8,10H,4-7,15H2,1H3,(H,16,18). The lowest BCUT2D eigenvalue weighted by molar-refractivity contribution is 0.195. The highest BCUT2D eigenvalue weighted by molar-refractivity contribution is 6.31. The quantitative estimate of drug-likeness (QED) is 0.822. The van der Waals surface area contributed by atoms with Gasteiger partial charge < -0.3 is 16.0 Å². The number of benzene rings is 1. The number of halogens is 1. The van der Waals surface area contributed by atoms with Crippen molar-refractivity contribution in [3.8, 4) is 0 Å². The summed E-state index contributed by atoms with van der Waals surface area (Å²) in [5.41, 5.74) is 7.54. The fourth-order valence-corrected chi connectivity index (χ4v) is 2.16. The first-order valence-corrected chi connectivity index (χ1v) is 6.51. The smallest absolute Gasteiger partial charge is 0.321 e. The number of carbonyl (C=O) groups excluding carboxylic acids is 1. The predicted molar refractivity (Wildman–Crippen MR) is 74.0 cm³/mol. The second-order valence-corrected chi connectivity index (χ2v) is 5.13. The van der Waals surface area contributed by atoms with Crippen LogP contribution >= 0.6 is 11.6 Å². The van der Waals surface area contributed by atoms with E-state index in [0.29, 0.717) is 18.1 Å². The number of hydrogen-bond donors (Lipinski definition) is 2. The van der Waals surface area contributed by atoms with E-state index in [0.717, 1.165) is 24.1 Å². The fourth-order valence-electron chi connectivity index (χ4n) is 1.98. The predicted octanol–water partition coefficient (Wildman–Crippen LogP) is 2.60. The number of nitrogens with zero attached hydrogens (tertiary/aromatic N) is 1. The molecule has 0 aliphatic carbocycles. The Morgan fingerprint density at radius 1 is 1.44 bits per heavy atom. The number of nitrogens with one attached hydrogen (secondary N) is 1. The van der Waals surface area contributed by atoms with Crippen LogP contribution in [0, 0.1) is 6.92 Å². The SMILES string of the molecule is Cc1ccc(NC(=O)N2CCC(N)CC2)cc1Cl. The Bertz CT molecular complexity index is 442. The van der Waals surface area contributed by atoms with Gasteiger partial charge in [-0.15, -0.1) is 0 Å². The maximum atomic E-state index is 12.0. The second kappa shape index (κ2) is 5.59. The molecule has 0 saturated carbocycles. The molecule has 1 aliphatic heterocycles. The van der Waals surface area contributed by atoms with Crippen molar-refractivity contribution in [1.29, 1.82) is 0 Å². The monoisotopic (exact) mass is 267 g/mol. The molecule has 1 aromatic rings. The average Bonchev–Trinajstić information content (AvgIpc) is 2.34. The largest absolute Gasteiger partial charge is 0.328 e. The van der Waals surface area contributed by atoms with Crippen molar-refractivity contribution in [2.45, 2.75) is 25.8 Å². The van der Waals surface area contributed by atoms with Crippen molar-refractivity contribution >= 4 is 23.3 Å². The summed E-state index contributed by atoms with van der Waals surface area (Å²) in [7, 11) is 0. The van der Waals surface area contributed by atoms with Gasteiger partial charge in [0.2, 0.25) is 0 Å². The van der Waals surface area contributed by atoms with Gasteiger partial charge in [0, 0.05) is 29.8 Å². The molecule has 3 N–H and O–H groups in total. The number of carbonyl (C=O) groups is 1. The number of piperidine rings is 1. The molecule has 0 atom stereocenters. The molecular formula is C13H18ClN3O. The Balaban J connectivity index is 1.96. The lowest BCUT2D eigenvalue weighted by Gasteiger charge is -2.30.